The molecule has 0 spiro atoms. The van der Waals surface area contributed by atoms with Gasteiger partial charge in [-0.1, -0.05) is 45.4 Å². The molecule has 0 saturated carbocycles. The Balaban J connectivity index is 2.42. The molecular weight excluding hydrogens is 400 g/mol. The number of nitrogens with two attached hydrogens (primary N) is 1. The molecule has 2 aromatic rings. The Labute approximate surface area is 181 Å². The van der Waals surface area contributed by atoms with Crippen molar-refractivity contribution in [1.29, 1.82) is 0 Å². The van der Waals surface area contributed by atoms with Crippen molar-refractivity contribution in [1.82, 2.24) is 9.55 Å². The zero-order valence-corrected chi connectivity index (χ0v) is 19.4. The highest BCUT2D eigenvalue weighted by molar-refractivity contribution is 8.00. The van der Waals surface area contributed by atoms with Gasteiger partial charge in [0.2, 0.25) is 5.91 Å². The maximum Gasteiger partial charge on any atom is 0.330 e. The number of nitrogens with zero attached hydrogens (tertiary/aromatic N) is 2. The molecule has 0 unspecified atom stereocenters. The van der Waals surface area contributed by atoms with Crippen molar-refractivity contribution in [2.45, 2.75) is 53.0 Å². The number of hydrogen-bond donors (Lipinski definition) is 2. The van der Waals surface area contributed by atoms with Crippen LogP contribution >= 0.6 is 11.8 Å². The van der Waals surface area contributed by atoms with Crippen LogP contribution in [0.2, 0.25) is 0 Å². The van der Waals surface area contributed by atoms with E-state index in [2.05, 4.69) is 4.98 Å². The largest absolute Gasteiger partial charge is 0.383 e. The molecule has 3 N–H and O–H groups in total. The zero-order valence-electron chi connectivity index (χ0n) is 18.6. The van der Waals surface area contributed by atoms with Crippen LogP contribution in [0.15, 0.2) is 32.7 Å². The Morgan fingerprint density at radius 2 is 1.83 bits per heavy atom. The molecule has 30 heavy (non-hydrogen) atoms. The van der Waals surface area contributed by atoms with Gasteiger partial charge in [-0.3, -0.25) is 19.1 Å². The smallest absolute Gasteiger partial charge is 0.330 e. The van der Waals surface area contributed by atoms with Gasteiger partial charge < -0.3 is 10.6 Å². The standard InChI is InChI=1S/C22H32N4O3S/c1-13(2)10-25(18(27)12-30-17-9-15(5)7-8-16(17)6)19-20(23)26(11-14(3)4)22(29)24-21(19)28/h7-9,13-14H,10-12,23H2,1-6H3,(H,24,28,29). The van der Waals surface area contributed by atoms with Gasteiger partial charge in [0.1, 0.15) is 5.82 Å². The summed E-state index contributed by atoms with van der Waals surface area (Å²) in [6, 6.07) is 6.10. The van der Waals surface area contributed by atoms with Crippen LogP contribution in [-0.2, 0) is 11.3 Å². The number of anilines is 2. The summed E-state index contributed by atoms with van der Waals surface area (Å²) in [7, 11) is 0. The third-order valence-electron chi connectivity index (χ3n) is 4.58. The Morgan fingerprint density at radius 3 is 2.43 bits per heavy atom. The molecule has 1 heterocycles. The van der Waals surface area contributed by atoms with Crippen molar-refractivity contribution in [3.63, 3.8) is 0 Å². The van der Waals surface area contributed by atoms with Gasteiger partial charge in [0, 0.05) is 18.0 Å². The topological polar surface area (TPSA) is 101 Å². The summed E-state index contributed by atoms with van der Waals surface area (Å²) in [6.45, 7) is 12.5. The van der Waals surface area contributed by atoms with Crippen LogP contribution in [-0.4, -0.2) is 27.8 Å². The second kappa shape index (κ2) is 10.0. The first-order valence-electron chi connectivity index (χ1n) is 10.1. The number of aryl methyl sites for hydroxylation is 2. The minimum atomic E-state index is -0.636. The number of aromatic nitrogens is 2. The molecule has 0 bridgehead atoms. The van der Waals surface area contributed by atoms with Crippen molar-refractivity contribution in [3.8, 4) is 0 Å². The van der Waals surface area contributed by atoms with E-state index in [4.69, 9.17) is 5.73 Å². The van der Waals surface area contributed by atoms with E-state index in [9.17, 15) is 14.4 Å². The van der Waals surface area contributed by atoms with E-state index >= 15 is 0 Å². The van der Waals surface area contributed by atoms with Crippen LogP contribution in [0.1, 0.15) is 38.8 Å². The first-order chi connectivity index (χ1) is 14.0. The van der Waals surface area contributed by atoms with Crippen LogP contribution in [0.25, 0.3) is 0 Å². The SMILES string of the molecule is Cc1ccc(C)c(SCC(=O)N(CC(C)C)c2c(N)n(CC(C)C)c(=O)[nH]c2=O)c1. The van der Waals surface area contributed by atoms with Gasteiger partial charge in [0.15, 0.2) is 5.69 Å². The zero-order chi connectivity index (χ0) is 22.6. The van der Waals surface area contributed by atoms with Gasteiger partial charge in [-0.25, -0.2) is 4.79 Å². The highest BCUT2D eigenvalue weighted by Crippen LogP contribution is 2.26. The van der Waals surface area contributed by atoms with E-state index < -0.39 is 11.2 Å². The van der Waals surface area contributed by atoms with E-state index in [1.807, 2.05) is 59.7 Å². The van der Waals surface area contributed by atoms with E-state index in [0.717, 1.165) is 16.0 Å². The molecule has 1 aromatic carbocycles. The number of benzene rings is 1. The average molecular weight is 433 g/mol. The summed E-state index contributed by atoms with van der Waals surface area (Å²) in [4.78, 5) is 42.9. The number of hydrogen-bond acceptors (Lipinski definition) is 5. The molecule has 0 fully saturated rings. The van der Waals surface area contributed by atoms with Gasteiger partial charge >= 0.3 is 5.69 Å². The highest BCUT2D eigenvalue weighted by Gasteiger charge is 2.25. The summed E-state index contributed by atoms with van der Waals surface area (Å²) in [5.41, 5.74) is 7.31. The second-order valence-electron chi connectivity index (χ2n) is 8.45. The van der Waals surface area contributed by atoms with Crippen molar-refractivity contribution in [2.75, 3.05) is 22.9 Å². The number of nitrogens with one attached hydrogen (secondary N) is 1. The summed E-state index contributed by atoms with van der Waals surface area (Å²) >= 11 is 1.44. The number of carbonyl (C=O) groups excluding carboxylic acids is 1. The van der Waals surface area contributed by atoms with Crippen molar-refractivity contribution in [2.24, 2.45) is 11.8 Å². The molecule has 0 atom stereocenters. The van der Waals surface area contributed by atoms with Crippen LogP contribution < -0.4 is 21.9 Å². The Bertz CT molecular complexity index is 1020. The fourth-order valence-corrected chi connectivity index (χ4v) is 4.15. The first-order valence-corrected chi connectivity index (χ1v) is 11.1. The Hall–Kier alpha value is -2.48. The lowest BCUT2D eigenvalue weighted by molar-refractivity contribution is -0.116. The molecular formula is C22H32N4O3S. The van der Waals surface area contributed by atoms with Gasteiger partial charge in [0.25, 0.3) is 5.56 Å². The molecule has 164 valence electrons. The number of H-pyrrole nitrogens is 1. The Kier molecular flexibility index (Phi) is 7.95. The molecule has 0 aliphatic carbocycles. The number of carbonyl (C=O) groups is 1. The van der Waals surface area contributed by atoms with Crippen molar-refractivity contribution >= 4 is 29.2 Å². The van der Waals surface area contributed by atoms with E-state index in [1.165, 1.54) is 21.2 Å². The predicted molar refractivity (Wildman–Crippen MR) is 124 cm³/mol. The molecule has 0 aliphatic heterocycles. The summed E-state index contributed by atoms with van der Waals surface area (Å²) in [5, 5.41) is 0. The molecule has 0 aliphatic rings. The van der Waals surface area contributed by atoms with Gasteiger partial charge in [-0.2, -0.15) is 0 Å². The molecule has 8 heteroatoms. The summed E-state index contributed by atoms with van der Waals surface area (Å²) in [5.74, 6) is 0.241. The second-order valence-corrected chi connectivity index (χ2v) is 9.47. The molecule has 2 rings (SSSR count). The minimum absolute atomic E-state index is 0.0307. The van der Waals surface area contributed by atoms with Crippen molar-refractivity contribution < 1.29 is 4.79 Å². The predicted octanol–water partition coefficient (Wildman–Crippen LogP) is 3.17. The summed E-state index contributed by atoms with van der Waals surface area (Å²) < 4.78 is 1.33. The number of thioether (sulfide) groups is 1. The van der Waals surface area contributed by atoms with E-state index in [-0.39, 0.29) is 35.0 Å². The maximum absolute atomic E-state index is 13.2. The summed E-state index contributed by atoms with van der Waals surface area (Å²) in [6.07, 6.45) is 0. The van der Waals surface area contributed by atoms with E-state index in [1.54, 1.807) is 0 Å². The molecule has 7 nitrogen and oxygen atoms in total. The maximum atomic E-state index is 13.2. The Morgan fingerprint density at radius 1 is 1.17 bits per heavy atom. The minimum Gasteiger partial charge on any atom is -0.383 e. The normalized spacial score (nSPS) is 11.3. The lowest BCUT2D eigenvalue weighted by Gasteiger charge is -2.26. The number of nitrogen functional groups attached to an aromatic ring is 1. The first kappa shape index (κ1) is 23.8. The average Bonchev–Trinajstić information content (AvgIpc) is 2.64. The lowest BCUT2D eigenvalue weighted by atomic mass is 10.2. The quantitative estimate of drug-likeness (QED) is 0.624. The molecule has 0 saturated heterocycles. The third-order valence-corrected chi connectivity index (χ3v) is 5.72. The van der Waals surface area contributed by atoms with E-state index in [0.29, 0.717) is 13.1 Å². The van der Waals surface area contributed by atoms with Crippen LogP contribution in [0.4, 0.5) is 11.5 Å². The third kappa shape index (κ3) is 5.78. The fraction of sp³-hybridized carbons (Fsp3) is 0.500. The van der Waals surface area contributed by atoms with Crippen LogP contribution in [0, 0.1) is 25.7 Å². The fourth-order valence-electron chi connectivity index (χ4n) is 3.15. The molecule has 1 amide bonds. The van der Waals surface area contributed by atoms with Crippen LogP contribution in [0.3, 0.4) is 0 Å². The highest BCUT2D eigenvalue weighted by atomic mass is 32.2. The van der Waals surface area contributed by atoms with Gasteiger partial charge in [-0.05, 0) is 37.3 Å². The number of rotatable bonds is 8. The molecule has 0 radical (unpaired) electrons. The van der Waals surface area contributed by atoms with Crippen molar-refractivity contribution in [3.05, 3.63) is 50.2 Å². The lowest BCUT2D eigenvalue weighted by Crippen LogP contribution is -2.43. The van der Waals surface area contributed by atoms with Gasteiger partial charge in [0.05, 0.1) is 5.75 Å². The van der Waals surface area contributed by atoms with Crippen LogP contribution in [0.5, 0.6) is 0 Å². The number of aromatic amines is 1. The number of amides is 1. The van der Waals surface area contributed by atoms with Gasteiger partial charge in [-0.15, -0.1) is 11.8 Å². The molecule has 1 aromatic heterocycles. The monoisotopic (exact) mass is 432 g/mol.